The van der Waals surface area contributed by atoms with Crippen LogP contribution in [0.25, 0.3) is 0 Å². The molecule has 1 atom stereocenters. The molecule has 0 bridgehead atoms. The minimum atomic E-state index is -0.494. The van der Waals surface area contributed by atoms with E-state index >= 15 is 0 Å². The lowest BCUT2D eigenvalue weighted by Gasteiger charge is -2.30. The molecular weight excluding hydrogens is 316 g/mol. The average molecular weight is 343 g/mol. The lowest BCUT2D eigenvalue weighted by Crippen LogP contribution is -2.51. The molecule has 1 aromatic rings. The molecule has 1 amide bonds. The van der Waals surface area contributed by atoms with Gasteiger partial charge in [-0.25, -0.2) is 0 Å². The maximum absolute atomic E-state index is 12.2. The standard InChI is InChI=1S/C17H26N2O3.ClH/c1-17(2,22-14-6-4-3-5-7-14)12-19-16(20)15(18)13-8-10-21-11-9-13;/h3-7,13,15H,8-12,18H2,1-2H3,(H,19,20);1H. The number of carbonyl (C=O) groups is 1. The number of rotatable bonds is 6. The van der Waals surface area contributed by atoms with Gasteiger partial charge in [-0.2, -0.15) is 0 Å². The third-order valence-corrected chi connectivity index (χ3v) is 3.90. The molecule has 1 aliphatic heterocycles. The summed E-state index contributed by atoms with van der Waals surface area (Å²) in [5, 5.41) is 2.91. The summed E-state index contributed by atoms with van der Waals surface area (Å²) in [7, 11) is 0. The van der Waals surface area contributed by atoms with Gasteiger partial charge in [0.2, 0.25) is 5.91 Å². The number of benzene rings is 1. The van der Waals surface area contributed by atoms with Crippen LogP contribution in [0.3, 0.4) is 0 Å². The Morgan fingerprint density at radius 1 is 1.35 bits per heavy atom. The molecule has 0 aromatic heterocycles. The first-order valence-electron chi connectivity index (χ1n) is 7.83. The van der Waals surface area contributed by atoms with Crippen molar-refractivity contribution < 1.29 is 14.3 Å². The Morgan fingerprint density at radius 2 is 1.96 bits per heavy atom. The molecule has 2 rings (SSSR count). The maximum atomic E-state index is 12.2. The number of halogens is 1. The Morgan fingerprint density at radius 3 is 2.57 bits per heavy atom. The van der Waals surface area contributed by atoms with Gasteiger partial charge in [-0.15, -0.1) is 12.4 Å². The topological polar surface area (TPSA) is 73.6 Å². The fourth-order valence-electron chi connectivity index (χ4n) is 2.55. The molecular formula is C17H27ClN2O3. The van der Waals surface area contributed by atoms with E-state index in [0.29, 0.717) is 19.8 Å². The highest BCUT2D eigenvalue weighted by Crippen LogP contribution is 2.19. The number of carbonyl (C=O) groups excluding carboxylic acids is 1. The van der Waals surface area contributed by atoms with Gasteiger partial charge in [-0.1, -0.05) is 18.2 Å². The molecule has 3 N–H and O–H groups in total. The van der Waals surface area contributed by atoms with E-state index in [1.165, 1.54) is 0 Å². The highest BCUT2D eigenvalue weighted by atomic mass is 35.5. The number of para-hydroxylation sites is 1. The number of nitrogens with one attached hydrogen (secondary N) is 1. The van der Waals surface area contributed by atoms with Crippen molar-refractivity contribution in [2.75, 3.05) is 19.8 Å². The normalized spacial score (nSPS) is 17.0. The molecule has 0 aliphatic carbocycles. The summed E-state index contributed by atoms with van der Waals surface area (Å²) in [6.45, 7) is 5.68. The Kier molecular flexibility index (Phi) is 7.82. The fourth-order valence-corrected chi connectivity index (χ4v) is 2.55. The Bertz CT molecular complexity index is 476. The molecule has 5 nitrogen and oxygen atoms in total. The van der Waals surface area contributed by atoms with Crippen LogP contribution < -0.4 is 15.8 Å². The quantitative estimate of drug-likeness (QED) is 0.830. The third-order valence-electron chi connectivity index (χ3n) is 3.90. The largest absolute Gasteiger partial charge is 0.486 e. The van der Waals surface area contributed by atoms with Crippen LogP contribution in [-0.4, -0.2) is 37.3 Å². The molecule has 0 saturated carbocycles. The number of ether oxygens (including phenoxy) is 2. The minimum absolute atomic E-state index is 0. The van der Waals surface area contributed by atoms with Crippen molar-refractivity contribution in [3.05, 3.63) is 30.3 Å². The van der Waals surface area contributed by atoms with E-state index in [0.717, 1.165) is 18.6 Å². The Balaban J connectivity index is 0.00000264. The molecule has 130 valence electrons. The first kappa shape index (κ1) is 19.7. The molecule has 1 heterocycles. The molecule has 23 heavy (non-hydrogen) atoms. The number of hydrogen-bond donors (Lipinski definition) is 2. The molecule has 1 fully saturated rings. The van der Waals surface area contributed by atoms with Crippen molar-refractivity contribution in [3.8, 4) is 5.75 Å². The summed E-state index contributed by atoms with van der Waals surface area (Å²) < 4.78 is 11.2. The van der Waals surface area contributed by atoms with Crippen LogP contribution in [-0.2, 0) is 9.53 Å². The summed E-state index contributed by atoms with van der Waals surface area (Å²) in [6, 6.07) is 9.11. The van der Waals surface area contributed by atoms with Crippen molar-refractivity contribution in [2.45, 2.75) is 38.3 Å². The van der Waals surface area contributed by atoms with Gasteiger partial charge in [0.25, 0.3) is 0 Å². The molecule has 1 aromatic carbocycles. The summed E-state index contributed by atoms with van der Waals surface area (Å²) in [6.07, 6.45) is 1.69. The fraction of sp³-hybridized carbons (Fsp3) is 0.588. The van der Waals surface area contributed by atoms with E-state index in [9.17, 15) is 4.79 Å². The molecule has 0 radical (unpaired) electrons. The highest BCUT2D eigenvalue weighted by Gasteiger charge is 2.28. The molecule has 6 heteroatoms. The van der Waals surface area contributed by atoms with E-state index in [1.54, 1.807) is 0 Å². The van der Waals surface area contributed by atoms with Gasteiger partial charge < -0.3 is 20.5 Å². The average Bonchev–Trinajstić information content (AvgIpc) is 2.53. The lowest BCUT2D eigenvalue weighted by atomic mass is 9.91. The van der Waals surface area contributed by atoms with E-state index in [4.69, 9.17) is 15.2 Å². The molecule has 1 saturated heterocycles. The lowest BCUT2D eigenvalue weighted by molar-refractivity contribution is -0.125. The Labute approximate surface area is 144 Å². The SMILES string of the molecule is CC(C)(CNC(=O)C(N)C1CCOCC1)Oc1ccccc1.Cl. The molecule has 1 unspecified atom stereocenters. The number of amides is 1. The van der Waals surface area contributed by atoms with Crippen LogP contribution in [0.2, 0.25) is 0 Å². The zero-order valence-electron chi connectivity index (χ0n) is 13.8. The predicted octanol–water partition coefficient (Wildman–Crippen LogP) is 2.14. The number of nitrogens with two attached hydrogens (primary N) is 1. The summed E-state index contributed by atoms with van der Waals surface area (Å²) in [5.74, 6) is 0.874. The van der Waals surface area contributed by atoms with E-state index in [1.807, 2.05) is 44.2 Å². The molecule has 0 spiro atoms. The summed E-state index contributed by atoms with van der Waals surface area (Å²) in [4.78, 5) is 12.2. The van der Waals surface area contributed by atoms with Crippen molar-refractivity contribution in [1.29, 1.82) is 0 Å². The van der Waals surface area contributed by atoms with Gasteiger partial charge >= 0.3 is 0 Å². The van der Waals surface area contributed by atoms with Crippen LogP contribution in [0, 0.1) is 5.92 Å². The zero-order valence-corrected chi connectivity index (χ0v) is 14.6. The van der Waals surface area contributed by atoms with E-state index < -0.39 is 11.6 Å². The highest BCUT2D eigenvalue weighted by molar-refractivity contribution is 5.85. The molecule has 1 aliphatic rings. The second-order valence-corrected chi connectivity index (χ2v) is 6.37. The van der Waals surface area contributed by atoms with Gasteiger partial charge in [0.15, 0.2) is 0 Å². The predicted molar refractivity (Wildman–Crippen MR) is 92.9 cm³/mol. The number of hydrogen-bond acceptors (Lipinski definition) is 4. The Hall–Kier alpha value is -1.30. The summed E-state index contributed by atoms with van der Waals surface area (Å²) >= 11 is 0. The van der Waals surface area contributed by atoms with Gasteiger partial charge in [0.05, 0.1) is 12.6 Å². The zero-order chi connectivity index (χ0) is 16.0. The van der Waals surface area contributed by atoms with Crippen molar-refractivity contribution in [3.63, 3.8) is 0 Å². The van der Waals surface area contributed by atoms with Crippen molar-refractivity contribution >= 4 is 18.3 Å². The first-order valence-corrected chi connectivity index (χ1v) is 7.83. The monoisotopic (exact) mass is 342 g/mol. The second kappa shape index (κ2) is 9.11. The van der Waals surface area contributed by atoms with Crippen LogP contribution in [0.5, 0.6) is 5.75 Å². The van der Waals surface area contributed by atoms with E-state index in [2.05, 4.69) is 5.32 Å². The third kappa shape index (κ3) is 6.37. The van der Waals surface area contributed by atoms with Crippen molar-refractivity contribution in [2.24, 2.45) is 11.7 Å². The van der Waals surface area contributed by atoms with Crippen molar-refractivity contribution in [1.82, 2.24) is 5.32 Å². The van der Waals surface area contributed by atoms with Gasteiger partial charge in [-0.3, -0.25) is 4.79 Å². The second-order valence-electron chi connectivity index (χ2n) is 6.37. The first-order chi connectivity index (χ1) is 10.5. The maximum Gasteiger partial charge on any atom is 0.237 e. The van der Waals surface area contributed by atoms with Gasteiger partial charge in [0, 0.05) is 13.2 Å². The van der Waals surface area contributed by atoms with Gasteiger partial charge in [-0.05, 0) is 44.7 Å². The van der Waals surface area contributed by atoms with E-state index in [-0.39, 0.29) is 24.2 Å². The van der Waals surface area contributed by atoms with Crippen LogP contribution >= 0.6 is 12.4 Å². The van der Waals surface area contributed by atoms with Gasteiger partial charge in [0.1, 0.15) is 11.4 Å². The summed E-state index contributed by atoms with van der Waals surface area (Å²) in [5.41, 5.74) is 5.57. The van der Waals surface area contributed by atoms with Crippen LogP contribution in [0.4, 0.5) is 0 Å². The minimum Gasteiger partial charge on any atom is -0.486 e. The van der Waals surface area contributed by atoms with Crippen LogP contribution in [0.1, 0.15) is 26.7 Å². The smallest absolute Gasteiger partial charge is 0.237 e. The van der Waals surface area contributed by atoms with Crippen LogP contribution in [0.15, 0.2) is 30.3 Å².